The smallest absolute Gasteiger partial charge is 0.409 e. The molecule has 0 heterocycles. The summed E-state index contributed by atoms with van der Waals surface area (Å²) in [6.07, 6.45) is -1.48. The van der Waals surface area contributed by atoms with Crippen LogP contribution < -0.4 is 10.6 Å². The lowest BCUT2D eigenvalue weighted by Crippen LogP contribution is -2.23. The van der Waals surface area contributed by atoms with Gasteiger partial charge in [-0.3, -0.25) is 0 Å². The van der Waals surface area contributed by atoms with Crippen LogP contribution in [0.25, 0.3) is 0 Å². The first-order valence-corrected chi connectivity index (χ1v) is 6.71. The Morgan fingerprint density at radius 2 is 2.00 bits per heavy atom. The van der Waals surface area contributed by atoms with Crippen LogP contribution in [0, 0.1) is 0 Å². The number of nitrogens with zero attached hydrogens (tertiary/aromatic N) is 2. The number of nitrogens with two attached hydrogens (primary N) is 1. The third-order valence-electron chi connectivity index (χ3n) is 3.23. The van der Waals surface area contributed by atoms with Crippen molar-refractivity contribution in [3.05, 3.63) is 29.3 Å². The van der Waals surface area contributed by atoms with E-state index in [1.165, 1.54) is 12.1 Å². The van der Waals surface area contributed by atoms with Gasteiger partial charge in [0.05, 0.1) is 5.56 Å². The molecule has 1 aromatic carbocycles. The monoisotopic (exact) mass is 303 g/mol. The van der Waals surface area contributed by atoms with Crippen LogP contribution in [0.3, 0.4) is 0 Å². The molecule has 1 rings (SSSR count). The van der Waals surface area contributed by atoms with Crippen LogP contribution in [0.15, 0.2) is 23.4 Å². The van der Waals surface area contributed by atoms with Gasteiger partial charge < -0.3 is 15.8 Å². The van der Waals surface area contributed by atoms with E-state index in [0.29, 0.717) is 5.69 Å². The van der Waals surface area contributed by atoms with Gasteiger partial charge in [0.1, 0.15) is 0 Å². The summed E-state index contributed by atoms with van der Waals surface area (Å²) in [6.45, 7) is 2.81. The van der Waals surface area contributed by atoms with Crippen molar-refractivity contribution in [2.24, 2.45) is 10.9 Å². The van der Waals surface area contributed by atoms with Crippen molar-refractivity contribution in [2.45, 2.75) is 32.4 Å². The second-order valence-electron chi connectivity index (χ2n) is 4.84. The van der Waals surface area contributed by atoms with Gasteiger partial charge in [0, 0.05) is 24.8 Å². The van der Waals surface area contributed by atoms with Crippen molar-refractivity contribution in [3.63, 3.8) is 0 Å². The number of amidine groups is 1. The molecule has 1 aromatic rings. The normalized spacial score (nSPS) is 12.5. The lowest BCUT2D eigenvalue weighted by Gasteiger charge is -2.21. The fourth-order valence-electron chi connectivity index (χ4n) is 2.01. The summed E-state index contributed by atoms with van der Waals surface area (Å²) in [7, 11) is 1.80. The lowest BCUT2D eigenvalue weighted by molar-refractivity contribution is -0.137. The van der Waals surface area contributed by atoms with E-state index in [-0.39, 0.29) is 5.56 Å². The van der Waals surface area contributed by atoms with Crippen LogP contribution in [0.5, 0.6) is 0 Å². The van der Waals surface area contributed by atoms with Crippen molar-refractivity contribution < 1.29 is 18.4 Å². The molecule has 0 aromatic heterocycles. The quantitative estimate of drug-likeness (QED) is 0.278. The molecular formula is C14H20F3N3O. The molecule has 4 nitrogen and oxygen atoms in total. The molecule has 0 spiro atoms. The highest BCUT2D eigenvalue weighted by atomic mass is 19.4. The number of benzene rings is 1. The summed E-state index contributed by atoms with van der Waals surface area (Å²) in [6, 6.07) is 3.64. The zero-order valence-electron chi connectivity index (χ0n) is 12.1. The third-order valence-corrected chi connectivity index (χ3v) is 3.23. The zero-order valence-corrected chi connectivity index (χ0v) is 12.1. The van der Waals surface area contributed by atoms with E-state index in [4.69, 9.17) is 10.9 Å². The number of unbranched alkanes of at least 4 members (excludes halogenated alkanes) is 2. The summed E-state index contributed by atoms with van der Waals surface area (Å²) in [5.74, 6) is -0.550. The largest absolute Gasteiger partial charge is 0.417 e. The number of oxime groups is 1. The van der Waals surface area contributed by atoms with Crippen molar-refractivity contribution in [2.75, 3.05) is 18.5 Å². The van der Waals surface area contributed by atoms with Gasteiger partial charge in [0.2, 0.25) is 0 Å². The van der Waals surface area contributed by atoms with Gasteiger partial charge in [-0.2, -0.15) is 13.2 Å². The van der Waals surface area contributed by atoms with Gasteiger partial charge in [-0.25, -0.2) is 0 Å². The molecule has 0 bridgehead atoms. The van der Waals surface area contributed by atoms with Crippen molar-refractivity contribution in [3.8, 4) is 0 Å². The van der Waals surface area contributed by atoms with Gasteiger partial charge in [-0.05, 0) is 24.6 Å². The third kappa shape index (κ3) is 4.54. The Hall–Kier alpha value is -1.92. The minimum Gasteiger partial charge on any atom is -0.409 e. The summed E-state index contributed by atoms with van der Waals surface area (Å²) >= 11 is 0. The van der Waals surface area contributed by atoms with Crippen LogP contribution in [-0.2, 0) is 6.18 Å². The molecule has 0 amide bonds. The molecule has 0 aliphatic carbocycles. The minimum absolute atomic E-state index is 0.315. The Kier molecular flexibility index (Phi) is 5.87. The van der Waals surface area contributed by atoms with Crippen molar-refractivity contribution in [1.29, 1.82) is 0 Å². The minimum atomic E-state index is -4.55. The number of alkyl halides is 3. The van der Waals surface area contributed by atoms with E-state index in [9.17, 15) is 13.2 Å². The first kappa shape index (κ1) is 17.1. The van der Waals surface area contributed by atoms with Crippen molar-refractivity contribution in [1.82, 2.24) is 0 Å². The molecular weight excluding hydrogens is 283 g/mol. The Morgan fingerprint density at radius 3 is 2.52 bits per heavy atom. The first-order chi connectivity index (χ1) is 9.81. The van der Waals surface area contributed by atoms with E-state index >= 15 is 0 Å². The summed E-state index contributed by atoms with van der Waals surface area (Å²) in [5.41, 5.74) is 4.73. The van der Waals surface area contributed by atoms with E-state index < -0.39 is 17.6 Å². The number of rotatable bonds is 6. The molecule has 3 N–H and O–H groups in total. The van der Waals surface area contributed by atoms with E-state index in [1.807, 2.05) is 4.90 Å². The van der Waals surface area contributed by atoms with E-state index in [0.717, 1.165) is 31.9 Å². The lowest BCUT2D eigenvalue weighted by atomic mass is 10.0. The molecule has 21 heavy (non-hydrogen) atoms. The molecule has 0 aliphatic heterocycles. The number of anilines is 1. The SMILES string of the molecule is CCCCCN(C)c1ccc(C(F)(F)F)c(/C(N)=N/O)c1. The second-order valence-corrected chi connectivity index (χ2v) is 4.84. The molecule has 7 heteroatoms. The van der Waals surface area contributed by atoms with Gasteiger partial charge in [0.25, 0.3) is 0 Å². The molecule has 0 aliphatic rings. The van der Waals surface area contributed by atoms with Gasteiger partial charge >= 0.3 is 6.18 Å². The maximum absolute atomic E-state index is 12.9. The highest BCUT2D eigenvalue weighted by Gasteiger charge is 2.34. The standard InChI is InChI=1S/C14H20F3N3O/c1-3-4-5-8-20(2)10-6-7-12(14(15,16)17)11(9-10)13(18)19-21/h6-7,9,21H,3-5,8H2,1-2H3,(H2,18,19). The molecule has 0 radical (unpaired) electrons. The molecule has 0 saturated heterocycles. The Morgan fingerprint density at radius 1 is 1.33 bits per heavy atom. The summed E-state index contributed by atoms with van der Waals surface area (Å²) in [5, 5.41) is 11.3. The van der Waals surface area contributed by atoms with Gasteiger partial charge in [0.15, 0.2) is 5.84 Å². The van der Waals surface area contributed by atoms with Crippen LogP contribution in [0.1, 0.15) is 37.3 Å². The summed E-state index contributed by atoms with van der Waals surface area (Å²) < 4.78 is 38.8. The predicted molar refractivity (Wildman–Crippen MR) is 76.7 cm³/mol. The van der Waals surface area contributed by atoms with E-state index in [2.05, 4.69) is 12.1 Å². The molecule has 0 saturated carbocycles. The van der Waals surface area contributed by atoms with E-state index in [1.54, 1.807) is 7.05 Å². The average molecular weight is 303 g/mol. The van der Waals surface area contributed by atoms with Crippen LogP contribution >= 0.6 is 0 Å². The summed E-state index contributed by atoms with van der Waals surface area (Å²) in [4.78, 5) is 1.85. The fourth-order valence-corrected chi connectivity index (χ4v) is 2.01. The molecule has 0 unspecified atom stereocenters. The average Bonchev–Trinajstić information content (AvgIpc) is 2.45. The topological polar surface area (TPSA) is 61.8 Å². The fraction of sp³-hybridized carbons (Fsp3) is 0.500. The van der Waals surface area contributed by atoms with Gasteiger partial charge in [-0.15, -0.1) is 0 Å². The highest BCUT2D eigenvalue weighted by molar-refractivity contribution is 5.99. The highest BCUT2D eigenvalue weighted by Crippen LogP contribution is 2.33. The van der Waals surface area contributed by atoms with Crippen LogP contribution in [-0.4, -0.2) is 24.6 Å². The van der Waals surface area contributed by atoms with Crippen molar-refractivity contribution >= 4 is 11.5 Å². The molecule has 0 fully saturated rings. The van der Waals surface area contributed by atoms with Crippen LogP contribution in [0.2, 0.25) is 0 Å². The van der Waals surface area contributed by atoms with Gasteiger partial charge in [-0.1, -0.05) is 24.9 Å². The Balaban J connectivity index is 3.10. The maximum atomic E-state index is 12.9. The Bertz CT molecular complexity index is 501. The maximum Gasteiger partial charge on any atom is 0.417 e. The molecule has 0 atom stereocenters. The first-order valence-electron chi connectivity index (χ1n) is 6.71. The number of hydrogen-bond donors (Lipinski definition) is 2. The zero-order chi connectivity index (χ0) is 16.0. The Labute approximate surface area is 122 Å². The molecule has 118 valence electrons. The number of halogens is 3. The number of hydrogen-bond acceptors (Lipinski definition) is 3. The second kappa shape index (κ2) is 7.19. The predicted octanol–water partition coefficient (Wildman–Crippen LogP) is 3.43. The van der Waals surface area contributed by atoms with Crippen LogP contribution in [0.4, 0.5) is 18.9 Å².